The van der Waals surface area contributed by atoms with E-state index in [1.165, 1.54) is 18.3 Å². The molecular formula is C18H19F3N4O2S. The summed E-state index contributed by atoms with van der Waals surface area (Å²) in [5, 5.41) is 0. The fraction of sp³-hybridized carbons (Fsp3) is 0.333. The van der Waals surface area contributed by atoms with Crippen molar-refractivity contribution in [2.24, 2.45) is 0 Å². The summed E-state index contributed by atoms with van der Waals surface area (Å²) in [6.45, 7) is 5.43. The summed E-state index contributed by atoms with van der Waals surface area (Å²) in [5.41, 5.74) is 0.573. The Balaban J connectivity index is 1.99. The van der Waals surface area contributed by atoms with E-state index in [1.807, 2.05) is 0 Å². The molecule has 2 aromatic heterocycles. The SMILES string of the molecule is CCn1c([C@@H](C)NS(=O)(=O)c2ccc(C)nc2)nc2ccc(C(F)(F)F)cc21. The van der Waals surface area contributed by atoms with Gasteiger partial charge in [-0.1, -0.05) is 0 Å². The number of pyridine rings is 1. The fourth-order valence-corrected chi connectivity index (χ4v) is 4.09. The summed E-state index contributed by atoms with van der Waals surface area (Å²) in [7, 11) is -3.86. The summed E-state index contributed by atoms with van der Waals surface area (Å²) in [6.07, 6.45) is -3.22. The minimum Gasteiger partial charge on any atom is -0.327 e. The third kappa shape index (κ3) is 3.88. The number of aromatic nitrogens is 3. The number of nitrogens with zero attached hydrogens (tertiary/aromatic N) is 3. The van der Waals surface area contributed by atoms with Crippen LogP contribution in [0.3, 0.4) is 0 Å². The molecule has 1 atom stereocenters. The average Bonchev–Trinajstić information content (AvgIpc) is 2.99. The zero-order valence-electron chi connectivity index (χ0n) is 15.4. The number of aryl methyl sites for hydroxylation is 2. The van der Waals surface area contributed by atoms with Crippen LogP contribution in [0.4, 0.5) is 13.2 Å². The number of imidazole rings is 1. The minimum atomic E-state index is -4.47. The molecule has 3 aromatic rings. The zero-order valence-corrected chi connectivity index (χ0v) is 16.3. The van der Waals surface area contributed by atoms with E-state index in [-0.39, 0.29) is 4.90 Å². The Hall–Kier alpha value is -2.46. The van der Waals surface area contributed by atoms with Crippen molar-refractivity contribution in [3.8, 4) is 0 Å². The van der Waals surface area contributed by atoms with Crippen molar-refractivity contribution in [3.05, 3.63) is 53.6 Å². The van der Waals surface area contributed by atoms with Crippen molar-refractivity contribution in [3.63, 3.8) is 0 Å². The lowest BCUT2D eigenvalue weighted by molar-refractivity contribution is -0.137. The standard InChI is InChI=1S/C18H19F3N4O2S/c1-4-25-16-9-13(18(19,20)21)6-8-15(16)23-17(25)12(3)24-28(26,27)14-7-5-11(2)22-10-14/h5-10,12,24H,4H2,1-3H3/t12-/m1/s1. The molecule has 0 bridgehead atoms. The normalized spacial score (nSPS) is 13.8. The molecule has 10 heteroatoms. The summed E-state index contributed by atoms with van der Waals surface area (Å²) >= 11 is 0. The van der Waals surface area contributed by atoms with Crippen molar-refractivity contribution >= 4 is 21.1 Å². The van der Waals surface area contributed by atoms with E-state index in [1.54, 1.807) is 31.4 Å². The lowest BCUT2D eigenvalue weighted by atomic mass is 10.2. The van der Waals surface area contributed by atoms with Gasteiger partial charge in [-0.3, -0.25) is 4.98 Å². The van der Waals surface area contributed by atoms with Crippen molar-refractivity contribution in [1.82, 2.24) is 19.3 Å². The van der Waals surface area contributed by atoms with E-state index in [4.69, 9.17) is 0 Å². The summed E-state index contributed by atoms with van der Waals surface area (Å²) < 4.78 is 68.4. The lowest BCUT2D eigenvalue weighted by Gasteiger charge is -2.15. The molecule has 0 aliphatic rings. The number of sulfonamides is 1. The Morgan fingerprint density at radius 3 is 2.50 bits per heavy atom. The molecule has 3 rings (SSSR count). The third-order valence-corrected chi connectivity index (χ3v) is 5.86. The maximum absolute atomic E-state index is 13.0. The highest BCUT2D eigenvalue weighted by molar-refractivity contribution is 7.89. The molecule has 0 aliphatic heterocycles. The van der Waals surface area contributed by atoms with Crippen molar-refractivity contribution < 1.29 is 21.6 Å². The number of alkyl halides is 3. The molecule has 1 aromatic carbocycles. The molecule has 28 heavy (non-hydrogen) atoms. The van der Waals surface area contributed by atoms with E-state index in [0.29, 0.717) is 29.1 Å². The molecule has 1 N–H and O–H groups in total. The van der Waals surface area contributed by atoms with Crippen LogP contribution in [0.5, 0.6) is 0 Å². The molecular weight excluding hydrogens is 393 g/mol. The predicted octanol–water partition coefficient (Wildman–Crippen LogP) is 3.82. The first kappa shape index (κ1) is 20.3. The van der Waals surface area contributed by atoms with Gasteiger partial charge in [0.25, 0.3) is 0 Å². The minimum absolute atomic E-state index is 0.00321. The number of fused-ring (bicyclic) bond motifs is 1. The second-order valence-corrected chi connectivity index (χ2v) is 8.11. The lowest BCUT2D eigenvalue weighted by Crippen LogP contribution is -2.29. The Morgan fingerprint density at radius 2 is 1.93 bits per heavy atom. The number of benzene rings is 1. The van der Waals surface area contributed by atoms with Crippen LogP contribution in [0.25, 0.3) is 11.0 Å². The van der Waals surface area contributed by atoms with Crippen molar-refractivity contribution in [2.75, 3.05) is 0 Å². The Labute approximate surface area is 160 Å². The van der Waals surface area contributed by atoms with Crippen LogP contribution >= 0.6 is 0 Å². The highest BCUT2D eigenvalue weighted by atomic mass is 32.2. The van der Waals surface area contributed by atoms with E-state index in [0.717, 1.165) is 12.1 Å². The topological polar surface area (TPSA) is 76.9 Å². The maximum Gasteiger partial charge on any atom is 0.416 e. The van der Waals surface area contributed by atoms with Gasteiger partial charge in [0.2, 0.25) is 10.0 Å². The van der Waals surface area contributed by atoms with Crippen LogP contribution in [0.1, 0.15) is 37.0 Å². The number of nitrogens with one attached hydrogen (secondary N) is 1. The first-order valence-corrected chi connectivity index (χ1v) is 10.0. The first-order valence-electron chi connectivity index (χ1n) is 8.55. The van der Waals surface area contributed by atoms with Gasteiger partial charge in [0.05, 0.1) is 22.6 Å². The van der Waals surface area contributed by atoms with Crippen LogP contribution < -0.4 is 4.72 Å². The number of hydrogen-bond acceptors (Lipinski definition) is 4. The van der Waals surface area contributed by atoms with Gasteiger partial charge in [-0.25, -0.2) is 18.1 Å². The largest absolute Gasteiger partial charge is 0.416 e. The number of hydrogen-bond donors (Lipinski definition) is 1. The molecule has 0 unspecified atom stereocenters. The van der Waals surface area contributed by atoms with Gasteiger partial charge in [0, 0.05) is 18.4 Å². The molecule has 0 aliphatic carbocycles. The molecule has 0 saturated carbocycles. The predicted molar refractivity (Wildman–Crippen MR) is 98.1 cm³/mol. The van der Waals surface area contributed by atoms with E-state index >= 15 is 0 Å². The average molecular weight is 412 g/mol. The van der Waals surface area contributed by atoms with Gasteiger partial charge in [-0.15, -0.1) is 0 Å². The fourth-order valence-electron chi connectivity index (χ4n) is 2.95. The second-order valence-electron chi connectivity index (χ2n) is 6.39. The Morgan fingerprint density at radius 1 is 1.21 bits per heavy atom. The highest BCUT2D eigenvalue weighted by Crippen LogP contribution is 2.32. The van der Waals surface area contributed by atoms with Crippen molar-refractivity contribution in [2.45, 2.75) is 44.4 Å². The smallest absolute Gasteiger partial charge is 0.327 e. The van der Waals surface area contributed by atoms with Gasteiger partial charge in [0.1, 0.15) is 10.7 Å². The molecule has 150 valence electrons. The highest BCUT2D eigenvalue weighted by Gasteiger charge is 2.31. The van der Waals surface area contributed by atoms with Gasteiger partial charge in [-0.2, -0.15) is 13.2 Å². The van der Waals surface area contributed by atoms with Crippen LogP contribution in [-0.4, -0.2) is 23.0 Å². The monoisotopic (exact) mass is 412 g/mol. The van der Waals surface area contributed by atoms with E-state index in [9.17, 15) is 21.6 Å². The van der Waals surface area contributed by atoms with Gasteiger partial charge in [0.15, 0.2) is 0 Å². The Bertz CT molecular complexity index is 1110. The van der Waals surface area contributed by atoms with Gasteiger partial charge in [-0.05, 0) is 51.1 Å². The summed E-state index contributed by atoms with van der Waals surface area (Å²) in [4.78, 5) is 8.33. The molecule has 2 heterocycles. The molecule has 0 saturated heterocycles. The molecule has 0 amide bonds. The summed E-state index contributed by atoms with van der Waals surface area (Å²) in [5.74, 6) is 0.334. The maximum atomic E-state index is 13.0. The van der Waals surface area contributed by atoms with Crippen LogP contribution in [-0.2, 0) is 22.7 Å². The third-order valence-electron chi connectivity index (χ3n) is 4.34. The number of halogens is 3. The first-order chi connectivity index (χ1) is 13.0. The van der Waals surface area contributed by atoms with Gasteiger partial charge < -0.3 is 4.57 Å². The van der Waals surface area contributed by atoms with E-state index < -0.39 is 27.8 Å². The van der Waals surface area contributed by atoms with Gasteiger partial charge >= 0.3 is 6.18 Å². The quantitative estimate of drug-likeness (QED) is 0.691. The molecule has 6 nitrogen and oxygen atoms in total. The van der Waals surface area contributed by atoms with Crippen LogP contribution in [0, 0.1) is 6.92 Å². The van der Waals surface area contributed by atoms with E-state index in [2.05, 4.69) is 14.7 Å². The second kappa shape index (κ2) is 7.17. The van der Waals surface area contributed by atoms with Crippen LogP contribution in [0.15, 0.2) is 41.4 Å². The summed E-state index contributed by atoms with van der Waals surface area (Å²) in [6, 6.07) is 5.55. The molecule has 0 radical (unpaired) electrons. The Kier molecular flexibility index (Phi) is 5.20. The molecule has 0 fully saturated rings. The van der Waals surface area contributed by atoms with Crippen molar-refractivity contribution in [1.29, 1.82) is 0 Å². The van der Waals surface area contributed by atoms with Crippen LogP contribution in [0.2, 0.25) is 0 Å². The molecule has 0 spiro atoms. The number of rotatable bonds is 5. The zero-order chi connectivity index (χ0) is 20.7.